The molecule has 0 spiro atoms. The first-order valence-corrected chi connectivity index (χ1v) is 9.87. The van der Waals surface area contributed by atoms with Crippen LogP contribution in [0.15, 0.2) is 51.7 Å². The van der Waals surface area contributed by atoms with Crippen LogP contribution in [0.5, 0.6) is 5.88 Å². The van der Waals surface area contributed by atoms with Crippen molar-refractivity contribution in [3.05, 3.63) is 91.4 Å². The summed E-state index contributed by atoms with van der Waals surface area (Å²) < 4.78 is 38.6. The number of carbonyl (C=O) groups excluding carboxylic acids is 1. The molecule has 0 aliphatic heterocycles. The van der Waals surface area contributed by atoms with Crippen LogP contribution in [0.25, 0.3) is 0 Å². The molecular weight excluding hydrogens is 476 g/mol. The predicted molar refractivity (Wildman–Crippen MR) is 112 cm³/mol. The summed E-state index contributed by atoms with van der Waals surface area (Å²) in [5.41, 5.74) is 6.29. The van der Waals surface area contributed by atoms with Gasteiger partial charge in [0.2, 0.25) is 5.88 Å². The van der Waals surface area contributed by atoms with Crippen molar-refractivity contribution in [3.8, 4) is 5.88 Å². The molecule has 0 fully saturated rings. The first-order chi connectivity index (χ1) is 14.7. The second-order valence-electron chi connectivity index (χ2n) is 6.62. The lowest BCUT2D eigenvalue weighted by atomic mass is 10.1. The van der Waals surface area contributed by atoms with Crippen LogP contribution in [0.2, 0.25) is 0 Å². The van der Waals surface area contributed by atoms with Crippen molar-refractivity contribution in [2.45, 2.75) is 26.7 Å². The monoisotopic (exact) mass is 493 g/mol. The summed E-state index contributed by atoms with van der Waals surface area (Å²) >= 11 is 3.19. The lowest BCUT2D eigenvalue weighted by Crippen LogP contribution is -2.25. The number of aryl methyl sites for hydroxylation is 1. The number of primary amides is 1. The molecule has 2 N–H and O–H groups in total. The van der Waals surface area contributed by atoms with Gasteiger partial charge in [0.05, 0.1) is 6.54 Å². The van der Waals surface area contributed by atoms with E-state index in [2.05, 4.69) is 20.9 Å². The Labute approximate surface area is 184 Å². The molecule has 10 heteroatoms. The Bertz CT molecular complexity index is 1170. The van der Waals surface area contributed by atoms with Crippen molar-refractivity contribution < 1.29 is 23.0 Å². The largest absolute Gasteiger partial charge is 0.472 e. The highest BCUT2D eigenvalue weighted by Gasteiger charge is 2.15. The summed E-state index contributed by atoms with van der Waals surface area (Å²) in [7, 11) is 0. The van der Waals surface area contributed by atoms with E-state index in [1.165, 1.54) is 10.6 Å². The molecule has 1 heterocycles. The van der Waals surface area contributed by atoms with E-state index in [4.69, 9.17) is 15.2 Å². The third kappa shape index (κ3) is 5.66. The third-order valence-electron chi connectivity index (χ3n) is 4.40. The highest BCUT2D eigenvalue weighted by atomic mass is 79.9. The molecule has 2 aromatic carbocycles. The summed E-state index contributed by atoms with van der Waals surface area (Å²) in [6.07, 6.45) is -0.855. The zero-order valence-corrected chi connectivity index (χ0v) is 18.0. The number of aromatic nitrogens is 2. The van der Waals surface area contributed by atoms with Crippen LogP contribution in [0.4, 0.5) is 13.6 Å². The minimum absolute atomic E-state index is 0.0152. The summed E-state index contributed by atoms with van der Waals surface area (Å²) in [6, 6.07) is 10.3. The molecule has 0 saturated carbocycles. The van der Waals surface area contributed by atoms with Gasteiger partial charge < -0.3 is 15.2 Å². The van der Waals surface area contributed by atoms with Crippen molar-refractivity contribution in [1.29, 1.82) is 0 Å². The van der Waals surface area contributed by atoms with Gasteiger partial charge in [0.15, 0.2) is 0 Å². The normalized spacial score (nSPS) is 10.7. The van der Waals surface area contributed by atoms with Crippen LogP contribution < -0.4 is 16.0 Å². The van der Waals surface area contributed by atoms with E-state index < -0.39 is 17.7 Å². The molecule has 0 saturated heterocycles. The summed E-state index contributed by atoms with van der Waals surface area (Å²) in [5, 5.41) is 0. The molecule has 0 unspecified atom stereocenters. The van der Waals surface area contributed by atoms with Crippen molar-refractivity contribution in [2.24, 2.45) is 5.73 Å². The van der Waals surface area contributed by atoms with E-state index >= 15 is 0 Å². The minimum atomic E-state index is -0.855. The van der Waals surface area contributed by atoms with Crippen LogP contribution in [0, 0.1) is 18.6 Å². The Balaban J connectivity index is 1.75. The maximum atomic E-state index is 13.8. The van der Waals surface area contributed by atoms with Crippen LogP contribution >= 0.6 is 15.9 Å². The molecule has 0 aliphatic carbocycles. The van der Waals surface area contributed by atoms with E-state index in [1.54, 1.807) is 31.2 Å². The minimum Gasteiger partial charge on any atom is -0.472 e. The van der Waals surface area contributed by atoms with Gasteiger partial charge in [-0.25, -0.2) is 13.6 Å². The van der Waals surface area contributed by atoms with Gasteiger partial charge in [0.1, 0.15) is 35.1 Å². The number of benzene rings is 2. The van der Waals surface area contributed by atoms with Crippen LogP contribution in [-0.2, 0) is 24.5 Å². The van der Waals surface area contributed by atoms with E-state index in [1.807, 2.05) is 0 Å². The molecule has 3 aromatic rings. The molecule has 162 valence electrons. The van der Waals surface area contributed by atoms with Crippen molar-refractivity contribution >= 4 is 22.0 Å². The fourth-order valence-electron chi connectivity index (χ4n) is 2.76. The molecule has 3 rings (SSSR count). The summed E-state index contributed by atoms with van der Waals surface area (Å²) in [6.45, 7) is 1.74. The Morgan fingerprint density at radius 1 is 1.13 bits per heavy atom. The number of amides is 1. The predicted octanol–water partition coefficient (Wildman–Crippen LogP) is 3.82. The zero-order valence-electron chi connectivity index (χ0n) is 16.4. The van der Waals surface area contributed by atoms with E-state index in [9.17, 15) is 18.4 Å². The second kappa shape index (κ2) is 9.69. The Kier molecular flexibility index (Phi) is 7.01. The maximum Gasteiger partial charge on any atom is 0.404 e. The zero-order chi connectivity index (χ0) is 22.5. The molecule has 0 aliphatic rings. The van der Waals surface area contributed by atoms with Gasteiger partial charge in [-0.15, -0.1) is 0 Å². The highest BCUT2D eigenvalue weighted by Crippen LogP contribution is 2.21. The van der Waals surface area contributed by atoms with Crippen LogP contribution in [-0.4, -0.2) is 15.6 Å². The van der Waals surface area contributed by atoms with Gasteiger partial charge in [0.25, 0.3) is 5.56 Å². The van der Waals surface area contributed by atoms with Gasteiger partial charge >= 0.3 is 6.09 Å². The highest BCUT2D eigenvalue weighted by molar-refractivity contribution is 9.10. The molecule has 7 nitrogen and oxygen atoms in total. The number of nitrogens with zero attached hydrogens (tertiary/aromatic N) is 2. The number of hydrogen-bond acceptors (Lipinski definition) is 5. The lowest BCUT2D eigenvalue weighted by molar-refractivity contribution is 0.150. The van der Waals surface area contributed by atoms with Crippen LogP contribution in [0.3, 0.4) is 0 Å². The number of hydrogen-bond donors (Lipinski definition) is 1. The number of nitrogens with two attached hydrogens (primary N) is 1. The van der Waals surface area contributed by atoms with Gasteiger partial charge in [-0.3, -0.25) is 9.36 Å². The van der Waals surface area contributed by atoms with E-state index in [0.29, 0.717) is 5.82 Å². The Hall–Kier alpha value is -3.27. The number of ether oxygens (including phenoxy) is 2. The molecule has 0 bridgehead atoms. The van der Waals surface area contributed by atoms with E-state index in [0.717, 1.165) is 23.3 Å². The Morgan fingerprint density at radius 3 is 2.45 bits per heavy atom. The first-order valence-electron chi connectivity index (χ1n) is 9.08. The van der Waals surface area contributed by atoms with E-state index in [-0.39, 0.29) is 41.2 Å². The summed E-state index contributed by atoms with van der Waals surface area (Å²) in [5.74, 6) is -1.02. The van der Waals surface area contributed by atoms with Gasteiger partial charge in [0, 0.05) is 11.6 Å². The molecular formula is C21H18BrF2N3O4. The Morgan fingerprint density at radius 2 is 1.81 bits per heavy atom. The topological polar surface area (TPSA) is 96.4 Å². The second-order valence-corrected chi connectivity index (χ2v) is 7.41. The molecule has 1 aromatic heterocycles. The standard InChI is InChI=1S/C21H18BrF2N3O4/c1-12-26-19(30-11-15-6-7-16(23)8-17(15)24)18(22)20(28)27(12)9-13-2-4-14(5-3-13)10-31-21(25)29/h2-8H,9-11H2,1H3,(H2,25,29). The van der Waals surface area contributed by atoms with Crippen molar-refractivity contribution in [3.63, 3.8) is 0 Å². The number of rotatable bonds is 7. The smallest absolute Gasteiger partial charge is 0.404 e. The number of halogens is 3. The molecule has 1 amide bonds. The van der Waals surface area contributed by atoms with Gasteiger partial charge in [-0.2, -0.15) is 4.98 Å². The first kappa shape index (κ1) is 22.4. The fourth-order valence-corrected chi connectivity index (χ4v) is 3.18. The van der Waals surface area contributed by atoms with Gasteiger partial charge in [-0.05, 0) is 46.1 Å². The fraction of sp³-hybridized carbons (Fsp3) is 0.190. The average Bonchev–Trinajstić information content (AvgIpc) is 2.73. The third-order valence-corrected chi connectivity index (χ3v) is 5.08. The quantitative estimate of drug-likeness (QED) is 0.539. The summed E-state index contributed by atoms with van der Waals surface area (Å²) in [4.78, 5) is 27.7. The molecule has 31 heavy (non-hydrogen) atoms. The molecule has 0 atom stereocenters. The number of carbonyl (C=O) groups is 1. The van der Waals surface area contributed by atoms with Gasteiger partial charge in [-0.1, -0.05) is 24.3 Å². The van der Waals surface area contributed by atoms with Crippen molar-refractivity contribution in [2.75, 3.05) is 0 Å². The van der Waals surface area contributed by atoms with Crippen LogP contribution in [0.1, 0.15) is 22.5 Å². The van der Waals surface area contributed by atoms with Crippen molar-refractivity contribution in [1.82, 2.24) is 9.55 Å². The SMILES string of the molecule is Cc1nc(OCc2ccc(F)cc2F)c(Br)c(=O)n1Cc1ccc(COC(N)=O)cc1. The average molecular weight is 494 g/mol. The molecule has 0 radical (unpaired) electrons. The lowest BCUT2D eigenvalue weighted by Gasteiger charge is -2.14. The maximum absolute atomic E-state index is 13.8.